The fraction of sp³-hybridized carbons (Fsp3) is 0.0455. The maximum atomic E-state index is 12.8. The molecule has 0 aromatic heterocycles. The van der Waals surface area contributed by atoms with Crippen molar-refractivity contribution in [2.45, 2.75) is 6.92 Å². The van der Waals surface area contributed by atoms with E-state index in [4.69, 9.17) is 0 Å². The van der Waals surface area contributed by atoms with Crippen molar-refractivity contribution in [1.29, 1.82) is 0 Å². The van der Waals surface area contributed by atoms with E-state index in [1.54, 1.807) is 12.1 Å². The maximum absolute atomic E-state index is 12.8. The van der Waals surface area contributed by atoms with E-state index in [9.17, 15) is 29.7 Å². The van der Waals surface area contributed by atoms with Gasteiger partial charge in [0.25, 0.3) is 5.91 Å². The molecule has 0 saturated carbocycles. The molecule has 0 saturated heterocycles. The molecule has 0 aliphatic rings. The second kappa shape index (κ2) is 7.85. The fourth-order valence-corrected chi connectivity index (χ4v) is 2.85. The van der Waals surface area contributed by atoms with Gasteiger partial charge in [0, 0.05) is 16.8 Å². The Bertz CT molecular complexity index is 1100. The van der Waals surface area contributed by atoms with Crippen molar-refractivity contribution in [2.24, 2.45) is 0 Å². The number of nitrogens with one attached hydrogen (secondary N) is 1. The number of carbonyl (C=O) groups excluding carboxylic acids is 3. The van der Waals surface area contributed by atoms with E-state index < -0.39 is 40.1 Å². The number of phenolic OH excluding ortho intramolecular Hbond substituents is 3. The molecule has 29 heavy (non-hydrogen) atoms. The molecule has 3 rings (SSSR count). The SMILES string of the molecule is Cc1ccc(NC(=O)c2cc(O)c(C(=O)c3c(O)cccc3O)c(C=O)c2)cc1. The van der Waals surface area contributed by atoms with Gasteiger partial charge in [0.1, 0.15) is 22.8 Å². The van der Waals surface area contributed by atoms with Gasteiger partial charge in [-0.25, -0.2) is 0 Å². The normalized spacial score (nSPS) is 10.4. The Morgan fingerprint density at radius 2 is 1.48 bits per heavy atom. The molecule has 0 fully saturated rings. The summed E-state index contributed by atoms with van der Waals surface area (Å²) in [7, 11) is 0. The smallest absolute Gasteiger partial charge is 0.255 e. The second-order valence-electron chi connectivity index (χ2n) is 6.40. The van der Waals surface area contributed by atoms with Crippen LogP contribution < -0.4 is 5.32 Å². The van der Waals surface area contributed by atoms with E-state index in [-0.39, 0.29) is 11.1 Å². The van der Waals surface area contributed by atoms with Gasteiger partial charge in [-0.15, -0.1) is 0 Å². The zero-order valence-electron chi connectivity index (χ0n) is 15.3. The predicted octanol–water partition coefficient (Wildman–Crippen LogP) is 3.41. The Hall–Kier alpha value is -4.13. The number of aryl methyl sites for hydroxylation is 1. The summed E-state index contributed by atoms with van der Waals surface area (Å²) in [6.45, 7) is 1.90. The highest BCUT2D eigenvalue weighted by molar-refractivity contribution is 6.18. The maximum Gasteiger partial charge on any atom is 0.255 e. The lowest BCUT2D eigenvalue weighted by molar-refractivity contribution is 0.101. The summed E-state index contributed by atoms with van der Waals surface area (Å²) in [5.74, 6) is -3.18. The molecule has 0 unspecified atom stereocenters. The number of ketones is 1. The van der Waals surface area contributed by atoms with E-state index >= 15 is 0 Å². The summed E-state index contributed by atoms with van der Waals surface area (Å²) in [6.07, 6.45) is 0.312. The van der Waals surface area contributed by atoms with Crippen LogP contribution in [-0.4, -0.2) is 33.3 Å². The third-order valence-corrected chi connectivity index (χ3v) is 4.32. The lowest BCUT2D eigenvalue weighted by Crippen LogP contribution is -2.14. The van der Waals surface area contributed by atoms with Crippen LogP contribution in [0.15, 0.2) is 54.6 Å². The van der Waals surface area contributed by atoms with Crippen LogP contribution in [0.5, 0.6) is 17.2 Å². The van der Waals surface area contributed by atoms with E-state index in [0.717, 1.165) is 17.7 Å². The van der Waals surface area contributed by atoms with Crippen molar-refractivity contribution in [2.75, 3.05) is 5.32 Å². The Labute approximate surface area is 165 Å². The highest BCUT2D eigenvalue weighted by atomic mass is 16.3. The van der Waals surface area contributed by atoms with E-state index in [0.29, 0.717) is 12.0 Å². The minimum absolute atomic E-state index is 0.0387. The topological polar surface area (TPSA) is 124 Å². The quantitative estimate of drug-likeness (QED) is 0.390. The number of anilines is 1. The minimum Gasteiger partial charge on any atom is -0.507 e. The van der Waals surface area contributed by atoms with Crippen molar-refractivity contribution in [3.63, 3.8) is 0 Å². The fourth-order valence-electron chi connectivity index (χ4n) is 2.85. The predicted molar refractivity (Wildman–Crippen MR) is 106 cm³/mol. The number of benzene rings is 3. The Morgan fingerprint density at radius 3 is 2.07 bits per heavy atom. The highest BCUT2D eigenvalue weighted by Gasteiger charge is 2.25. The van der Waals surface area contributed by atoms with Crippen LogP contribution in [0.2, 0.25) is 0 Å². The van der Waals surface area contributed by atoms with Crippen molar-refractivity contribution < 1.29 is 29.7 Å². The van der Waals surface area contributed by atoms with E-state index in [2.05, 4.69) is 5.32 Å². The summed E-state index contributed by atoms with van der Waals surface area (Å²) in [5.41, 5.74) is 0.354. The number of hydrogen-bond donors (Lipinski definition) is 4. The Balaban J connectivity index is 1.99. The summed E-state index contributed by atoms with van der Waals surface area (Å²) in [4.78, 5) is 36.8. The van der Waals surface area contributed by atoms with Gasteiger partial charge in [-0.1, -0.05) is 23.8 Å². The van der Waals surface area contributed by atoms with Crippen LogP contribution in [-0.2, 0) is 0 Å². The van der Waals surface area contributed by atoms with Crippen molar-refractivity contribution in [3.8, 4) is 17.2 Å². The van der Waals surface area contributed by atoms with Crippen LogP contribution in [0.3, 0.4) is 0 Å². The molecule has 1 amide bonds. The van der Waals surface area contributed by atoms with Crippen LogP contribution >= 0.6 is 0 Å². The summed E-state index contributed by atoms with van der Waals surface area (Å²) in [6, 6.07) is 12.9. The largest absolute Gasteiger partial charge is 0.507 e. The number of carbonyl (C=O) groups is 3. The van der Waals surface area contributed by atoms with Gasteiger partial charge < -0.3 is 20.6 Å². The summed E-state index contributed by atoms with van der Waals surface area (Å²) < 4.78 is 0. The lowest BCUT2D eigenvalue weighted by Gasteiger charge is -2.12. The van der Waals surface area contributed by atoms with Crippen LogP contribution in [0.25, 0.3) is 0 Å². The molecule has 0 aliphatic carbocycles. The molecule has 7 nitrogen and oxygen atoms in total. The molecule has 4 N–H and O–H groups in total. The number of hydrogen-bond acceptors (Lipinski definition) is 6. The van der Waals surface area contributed by atoms with Gasteiger partial charge in [0.15, 0.2) is 6.29 Å². The van der Waals surface area contributed by atoms with E-state index in [1.807, 2.05) is 19.1 Å². The van der Waals surface area contributed by atoms with Crippen molar-refractivity contribution >= 4 is 23.7 Å². The van der Waals surface area contributed by atoms with Crippen LogP contribution in [0.1, 0.15) is 42.2 Å². The molecule has 7 heteroatoms. The first-order chi connectivity index (χ1) is 13.8. The Kier molecular flexibility index (Phi) is 5.32. The van der Waals surface area contributed by atoms with Crippen molar-refractivity contribution in [1.82, 2.24) is 0 Å². The molecule has 0 atom stereocenters. The van der Waals surface area contributed by atoms with Crippen LogP contribution in [0.4, 0.5) is 5.69 Å². The lowest BCUT2D eigenvalue weighted by atomic mass is 9.94. The molecular weight excluding hydrogens is 374 g/mol. The van der Waals surface area contributed by atoms with Crippen LogP contribution in [0, 0.1) is 6.92 Å². The molecule has 146 valence electrons. The van der Waals surface area contributed by atoms with Gasteiger partial charge in [-0.2, -0.15) is 0 Å². The van der Waals surface area contributed by atoms with Gasteiger partial charge in [-0.3, -0.25) is 14.4 Å². The minimum atomic E-state index is -0.953. The molecule has 3 aromatic carbocycles. The average Bonchev–Trinajstić information content (AvgIpc) is 2.68. The standard InChI is InChI=1S/C22H17NO6/c1-12-5-7-15(8-6-12)23-22(29)13-9-14(11-24)19(18(27)10-13)21(28)20-16(25)3-2-4-17(20)26/h2-11,25-27H,1H3,(H,23,29). The zero-order chi connectivity index (χ0) is 21.1. The molecule has 0 heterocycles. The third-order valence-electron chi connectivity index (χ3n) is 4.32. The molecule has 0 aliphatic heterocycles. The number of rotatable bonds is 5. The molecular formula is C22H17NO6. The molecule has 0 bridgehead atoms. The highest BCUT2D eigenvalue weighted by Crippen LogP contribution is 2.33. The number of amides is 1. The average molecular weight is 391 g/mol. The first-order valence-corrected chi connectivity index (χ1v) is 8.57. The summed E-state index contributed by atoms with van der Waals surface area (Å²) >= 11 is 0. The van der Waals surface area contributed by atoms with Gasteiger partial charge >= 0.3 is 0 Å². The molecule has 0 radical (unpaired) electrons. The first kappa shape index (κ1) is 19.6. The second-order valence-corrected chi connectivity index (χ2v) is 6.40. The molecule has 3 aromatic rings. The van der Waals surface area contributed by atoms with Gasteiger partial charge in [0.2, 0.25) is 5.78 Å². The number of aldehydes is 1. The van der Waals surface area contributed by atoms with Gasteiger partial charge in [-0.05, 0) is 43.3 Å². The van der Waals surface area contributed by atoms with Gasteiger partial charge in [0.05, 0.1) is 5.56 Å². The van der Waals surface area contributed by atoms with E-state index in [1.165, 1.54) is 18.2 Å². The zero-order valence-corrected chi connectivity index (χ0v) is 15.3. The monoisotopic (exact) mass is 391 g/mol. The first-order valence-electron chi connectivity index (χ1n) is 8.57. The Morgan fingerprint density at radius 1 is 0.862 bits per heavy atom. The van der Waals surface area contributed by atoms with Crippen molar-refractivity contribution in [3.05, 3.63) is 82.4 Å². The third kappa shape index (κ3) is 3.93. The molecule has 0 spiro atoms. The number of phenols is 3. The summed E-state index contributed by atoms with van der Waals surface area (Å²) in [5, 5.41) is 32.8. The number of aromatic hydroxyl groups is 3.